The molecule has 18 heavy (non-hydrogen) atoms. The van der Waals surface area contributed by atoms with Gasteiger partial charge in [-0.2, -0.15) is 0 Å². The van der Waals surface area contributed by atoms with Gasteiger partial charge in [0.05, 0.1) is 0 Å². The first kappa shape index (κ1) is 14.7. The van der Waals surface area contributed by atoms with Crippen molar-refractivity contribution in [2.24, 2.45) is 5.92 Å². The minimum atomic E-state index is 0.622. The third-order valence-electron chi connectivity index (χ3n) is 2.59. The fraction of sp³-hybridized carbons (Fsp3) is 0.692. The molecule has 0 amide bonds. The maximum atomic E-state index is 4.30. The number of aromatic nitrogens is 2. The Morgan fingerprint density at radius 1 is 1.28 bits per heavy atom. The number of rotatable bonds is 8. The molecule has 1 aromatic heterocycles. The monoisotopic (exact) mass is 251 g/mol. The van der Waals surface area contributed by atoms with Crippen molar-refractivity contribution in [2.45, 2.75) is 20.3 Å². The highest BCUT2D eigenvalue weighted by Gasteiger charge is 2.05. The second kappa shape index (κ2) is 7.87. The number of hydrogen-bond donors (Lipinski definition) is 2. The predicted molar refractivity (Wildman–Crippen MR) is 77.2 cm³/mol. The van der Waals surface area contributed by atoms with E-state index in [1.807, 2.05) is 13.1 Å². The second-order valence-corrected chi connectivity index (χ2v) is 4.92. The summed E-state index contributed by atoms with van der Waals surface area (Å²) >= 11 is 0. The average molecular weight is 251 g/mol. The third-order valence-corrected chi connectivity index (χ3v) is 2.59. The van der Waals surface area contributed by atoms with Crippen LogP contribution in [0.3, 0.4) is 0 Å². The highest BCUT2D eigenvalue weighted by molar-refractivity contribution is 5.47. The summed E-state index contributed by atoms with van der Waals surface area (Å²) in [7, 11) is 4.02. The van der Waals surface area contributed by atoms with E-state index in [2.05, 4.69) is 46.4 Å². The van der Waals surface area contributed by atoms with Crippen LogP contribution in [0.2, 0.25) is 0 Å². The van der Waals surface area contributed by atoms with Gasteiger partial charge in [-0.3, -0.25) is 0 Å². The summed E-state index contributed by atoms with van der Waals surface area (Å²) in [6.07, 6.45) is 2.70. The molecule has 5 nitrogen and oxygen atoms in total. The summed E-state index contributed by atoms with van der Waals surface area (Å²) in [5.74, 6) is 2.48. The molecular weight excluding hydrogens is 226 g/mol. The van der Waals surface area contributed by atoms with E-state index in [0.29, 0.717) is 5.92 Å². The van der Waals surface area contributed by atoms with Crippen LogP contribution in [0.25, 0.3) is 0 Å². The van der Waals surface area contributed by atoms with Gasteiger partial charge in [-0.15, -0.1) is 0 Å². The van der Waals surface area contributed by atoms with E-state index in [4.69, 9.17) is 0 Å². The zero-order valence-electron chi connectivity index (χ0n) is 11.9. The highest BCUT2D eigenvalue weighted by atomic mass is 15.2. The number of nitrogens with zero attached hydrogens (tertiary/aromatic N) is 3. The van der Waals surface area contributed by atoms with Crippen LogP contribution in [0, 0.1) is 5.92 Å². The average Bonchev–Trinajstić information content (AvgIpc) is 2.34. The molecule has 2 N–H and O–H groups in total. The van der Waals surface area contributed by atoms with Gasteiger partial charge in [0.15, 0.2) is 0 Å². The Morgan fingerprint density at radius 3 is 2.72 bits per heavy atom. The molecule has 5 heteroatoms. The zero-order chi connectivity index (χ0) is 13.4. The lowest BCUT2D eigenvalue weighted by molar-refractivity contribution is 0.634. The van der Waals surface area contributed by atoms with Gasteiger partial charge in [0.2, 0.25) is 0 Å². The summed E-state index contributed by atoms with van der Waals surface area (Å²) in [4.78, 5) is 10.7. The SMILES string of the molecule is CNCCCNc1cc(N(C)CC(C)C)ncn1. The van der Waals surface area contributed by atoms with Crippen molar-refractivity contribution >= 4 is 11.6 Å². The lowest BCUT2D eigenvalue weighted by atomic mass is 10.2. The van der Waals surface area contributed by atoms with Crippen LogP contribution in [0.1, 0.15) is 20.3 Å². The molecule has 0 fully saturated rings. The van der Waals surface area contributed by atoms with Crippen molar-refractivity contribution in [1.82, 2.24) is 15.3 Å². The van der Waals surface area contributed by atoms with Crippen LogP contribution >= 0.6 is 0 Å². The first-order chi connectivity index (χ1) is 8.63. The molecule has 0 radical (unpaired) electrons. The number of nitrogens with one attached hydrogen (secondary N) is 2. The van der Waals surface area contributed by atoms with E-state index >= 15 is 0 Å². The predicted octanol–water partition coefficient (Wildman–Crippen LogP) is 1.59. The molecule has 0 saturated heterocycles. The molecule has 1 aromatic rings. The fourth-order valence-corrected chi connectivity index (χ4v) is 1.78. The molecule has 102 valence electrons. The lowest BCUT2D eigenvalue weighted by Crippen LogP contribution is -2.23. The molecule has 0 aliphatic carbocycles. The summed E-state index contributed by atoms with van der Waals surface area (Å²) in [5, 5.41) is 6.43. The van der Waals surface area contributed by atoms with E-state index < -0.39 is 0 Å². The first-order valence-corrected chi connectivity index (χ1v) is 6.55. The fourth-order valence-electron chi connectivity index (χ4n) is 1.78. The van der Waals surface area contributed by atoms with E-state index in [1.54, 1.807) is 6.33 Å². The Morgan fingerprint density at radius 2 is 2.06 bits per heavy atom. The normalized spacial score (nSPS) is 10.7. The van der Waals surface area contributed by atoms with Crippen LogP contribution in [-0.2, 0) is 0 Å². The largest absolute Gasteiger partial charge is 0.370 e. The molecule has 1 heterocycles. The maximum absolute atomic E-state index is 4.30. The van der Waals surface area contributed by atoms with Gasteiger partial charge in [-0.1, -0.05) is 13.8 Å². The van der Waals surface area contributed by atoms with Crippen molar-refractivity contribution in [3.63, 3.8) is 0 Å². The maximum Gasteiger partial charge on any atom is 0.133 e. The van der Waals surface area contributed by atoms with Crippen LogP contribution in [0.4, 0.5) is 11.6 Å². The van der Waals surface area contributed by atoms with Gasteiger partial charge >= 0.3 is 0 Å². The second-order valence-electron chi connectivity index (χ2n) is 4.92. The van der Waals surface area contributed by atoms with E-state index in [1.165, 1.54) is 0 Å². The summed E-state index contributed by atoms with van der Waals surface area (Å²) in [6, 6.07) is 2.00. The Bertz CT molecular complexity index is 340. The van der Waals surface area contributed by atoms with Crippen molar-refractivity contribution in [2.75, 3.05) is 43.9 Å². The van der Waals surface area contributed by atoms with Crippen LogP contribution in [0.5, 0.6) is 0 Å². The molecule has 0 bridgehead atoms. The molecule has 0 atom stereocenters. The smallest absolute Gasteiger partial charge is 0.133 e. The van der Waals surface area contributed by atoms with Gasteiger partial charge in [-0.05, 0) is 25.9 Å². The van der Waals surface area contributed by atoms with E-state index in [9.17, 15) is 0 Å². The minimum Gasteiger partial charge on any atom is -0.370 e. The van der Waals surface area contributed by atoms with Gasteiger partial charge in [0, 0.05) is 26.2 Å². The number of hydrogen-bond acceptors (Lipinski definition) is 5. The van der Waals surface area contributed by atoms with Crippen LogP contribution in [-0.4, -0.2) is 43.7 Å². The Hall–Kier alpha value is -1.36. The Balaban J connectivity index is 2.50. The molecule has 0 aromatic carbocycles. The van der Waals surface area contributed by atoms with E-state index in [0.717, 1.165) is 37.7 Å². The minimum absolute atomic E-state index is 0.622. The molecule has 0 spiro atoms. The number of anilines is 2. The quantitative estimate of drug-likeness (QED) is 0.687. The lowest BCUT2D eigenvalue weighted by Gasteiger charge is -2.20. The molecular formula is C13H25N5. The summed E-state index contributed by atoms with van der Waals surface area (Å²) in [5.41, 5.74) is 0. The summed E-state index contributed by atoms with van der Waals surface area (Å²) in [6.45, 7) is 7.34. The Labute approximate surface area is 110 Å². The van der Waals surface area contributed by atoms with Gasteiger partial charge in [0.25, 0.3) is 0 Å². The standard InChI is InChI=1S/C13H25N5/c1-11(2)9-18(4)13-8-12(16-10-17-13)15-7-5-6-14-3/h8,10-11,14H,5-7,9H2,1-4H3,(H,15,16,17). The summed E-state index contributed by atoms with van der Waals surface area (Å²) < 4.78 is 0. The van der Waals surface area contributed by atoms with Crippen molar-refractivity contribution in [3.8, 4) is 0 Å². The molecule has 0 saturated carbocycles. The highest BCUT2D eigenvalue weighted by Crippen LogP contribution is 2.13. The molecule has 0 aliphatic heterocycles. The Kier molecular flexibility index (Phi) is 6.43. The molecule has 0 aliphatic rings. The van der Waals surface area contributed by atoms with Crippen molar-refractivity contribution < 1.29 is 0 Å². The molecule has 0 unspecified atom stereocenters. The first-order valence-electron chi connectivity index (χ1n) is 6.55. The van der Waals surface area contributed by atoms with Crippen molar-refractivity contribution in [1.29, 1.82) is 0 Å². The van der Waals surface area contributed by atoms with Crippen LogP contribution < -0.4 is 15.5 Å². The van der Waals surface area contributed by atoms with E-state index in [-0.39, 0.29) is 0 Å². The van der Waals surface area contributed by atoms with Crippen molar-refractivity contribution in [3.05, 3.63) is 12.4 Å². The zero-order valence-corrected chi connectivity index (χ0v) is 11.9. The molecule has 1 rings (SSSR count). The van der Waals surface area contributed by atoms with Gasteiger partial charge in [-0.25, -0.2) is 9.97 Å². The topological polar surface area (TPSA) is 53.1 Å². The van der Waals surface area contributed by atoms with Crippen LogP contribution in [0.15, 0.2) is 12.4 Å². The van der Waals surface area contributed by atoms with Gasteiger partial charge < -0.3 is 15.5 Å². The third kappa shape index (κ3) is 5.31. The van der Waals surface area contributed by atoms with Gasteiger partial charge in [0.1, 0.15) is 18.0 Å².